The molecule has 0 unspecified atom stereocenters. The maximum Gasteiger partial charge on any atom is 0.305 e. The van der Waals surface area contributed by atoms with Crippen LogP contribution < -0.4 is 9.80 Å². The average Bonchev–Trinajstić information content (AvgIpc) is 2.57. The zero-order valence-electron chi connectivity index (χ0n) is 13.3. The van der Waals surface area contributed by atoms with Gasteiger partial charge in [-0.1, -0.05) is 36.4 Å². The first kappa shape index (κ1) is 15.4. The van der Waals surface area contributed by atoms with Gasteiger partial charge < -0.3 is 14.9 Å². The number of anilines is 2. The van der Waals surface area contributed by atoms with Gasteiger partial charge in [0.2, 0.25) is 0 Å². The van der Waals surface area contributed by atoms with Gasteiger partial charge in [0.05, 0.1) is 12.5 Å². The molecule has 1 N–H and O–H groups in total. The van der Waals surface area contributed by atoms with Gasteiger partial charge in [0.1, 0.15) is 0 Å². The van der Waals surface area contributed by atoms with E-state index in [0.29, 0.717) is 12.6 Å². The van der Waals surface area contributed by atoms with Crippen LogP contribution in [0.3, 0.4) is 0 Å². The molecule has 1 heterocycles. The minimum absolute atomic E-state index is 0.0358. The first-order chi connectivity index (χ1) is 11.1. The molecular weight excluding hydrogens is 288 g/mol. The summed E-state index contributed by atoms with van der Waals surface area (Å²) in [6.45, 7) is 3.73. The summed E-state index contributed by atoms with van der Waals surface area (Å²) in [5.74, 6) is -0.751. The second kappa shape index (κ2) is 6.73. The number of carboxylic acids is 1. The maximum absolute atomic E-state index is 11.3. The molecule has 0 saturated carbocycles. The van der Waals surface area contributed by atoms with Crippen LogP contribution in [0.25, 0.3) is 0 Å². The topological polar surface area (TPSA) is 43.8 Å². The molecule has 0 bridgehead atoms. The monoisotopic (exact) mass is 310 g/mol. The Morgan fingerprint density at radius 2 is 1.48 bits per heavy atom. The van der Waals surface area contributed by atoms with Crippen molar-refractivity contribution in [3.05, 3.63) is 60.7 Å². The average molecular weight is 310 g/mol. The van der Waals surface area contributed by atoms with Crippen LogP contribution in [-0.4, -0.2) is 36.2 Å². The molecule has 1 saturated heterocycles. The number of piperazine rings is 1. The largest absolute Gasteiger partial charge is 0.481 e. The number of carbonyl (C=O) groups is 1. The molecule has 3 rings (SSSR count). The van der Waals surface area contributed by atoms with E-state index in [-0.39, 0.29) is 12.5 Å². The molecule has 0 radical (unpaired) electrons. The Morgan fingerprint density at radius 3 is 2.00 bits per heavy atom. The number of hydrogen-bond donors (Lipinski definition) is 1. The van der Waals surface area contributed by atoms with E-state index < -0.39 is 5.97 Å². The summed E-state index contributed by atoms with van der Waals surface area (Å²) in [4.78, 5) is 15.9. The Morgan fingerprint density at radius 1 is 0.957 bits per heavy atom. The van der Waals surface area contributed by atoms with E-state index in [0.717, 1.165) is 17.9 Å². The Balaban J connectivity index is 1.87. The molecule has 1 aliphatic rings. The molecule has 4 heteroatoms. The molecule has 4 nitrogen and oxygen atoms in total. The van der Waals surface area contributed by atoms with Crippen molar-refractivity contribution in [2.24, 2.45) is 0 Å². The predicted molar refractivity (Wildman–Crippen MR) is 93.1 cm³/mol. The second-order valence-corrected chi connectivity index (χ2v) is 6.08. The van der Waals surface area contributed by atoms with Crippen LogP contribution in [0.2, 0.25) is 0 Å². The van der Waals surface area contributed by atoms with E-state index in [1.54, 1.807) is 0 Å². The van der Waals surface area contributed by atoms with Crippen LogP contribution >= 0.6 is 0 Å². The highest BCUT2D eigenvalue weighted by atomic mass is 16.4. The van der Waals surface area contributed by atoms with Crippen LogP contribution in [0.15, 0.2) is 60.7 Å². The molecule has 0 spiro atoms. The molecule has 0 aromatic heterocycles. The lowest BCUT2D eigenvalue weighted by atomic mass is 10.0. The Hall–Kier alpha value is -2.49. The predicted octanol–water partition coefficient (Wildman–Crippen LogP) is 3.25. The normalized spacial score (nSPS) is 21.3. The third-order valence-electron chi connectivity index (χ3n) is 4.43. The number of rotatable bonds is 4. The van der Waals surface area contributed by atoms with Crippen molar-refractivity contribution in [2.75, 3.05) is 22.9 Å². The first-order valence-electron chi connectivity index (χ1n) is 8.00. The van der Waals surface area contributed by atoms with Gasteiger partial charge in [0, 0.05) is 30.5 Å². The standard InChI is InChI=1S/C19H22N2O2/c1-15-13-21(17-10-6-3-7-11-17)18(12-19(22)23)14-20(15)16-8-4-2-5-9-16/h2-11,15,18H,12-14H2,1H3,(H,22,23)/t15-,18-/m1/s1. The third kappa shape index (κ3) is 3.47. The van der Waals surface area contributed by atoms with Gasteiger partial charge >= 0.3 is 5.97 Å². The lowest BCUT2D eigenvalue weighted by Gasteiger charge is -2.47. The molecule has 0 aliphatic carbocycles. The molecule has 2 atom stereocenters. The van der Waals surface area contributed by atoms with Gasteiger partial charge in [0.15, 0.2) is 0 Å². The number of benzene rings is 2. The zero-order valence-corrected chi connectivity index (χ0v) is 13.3. The fourth-order valence-corrected chi connectivity index (χ4v) is 3.33. The molecule has 0 amide bonds. The van der Waals surface area contributed by atoms with Gasteiger partial charge in [-0.2, -0.15) is 0 Å². The SMILES string of the molecule is C[C@@H]1CN(c2ccccc2)[C@H](CC(=O)O)CN1c1ccccc1. The summed E-state index contributed by atoms with van der Waals surface area (Å²) < 4.78 is 0. The molecule has 120 valence electrons. The van der Waals surface area contributed by atoms with E-state index in [9.17, 15) is 9.90 Å². The van der Waals surface area contributed by atoms with Gasteiger partial charge in [0.25, 0.3) is 0 Å². The van der Waals surface area contributed by atoms with Crippen LogP contribution in [0, 0.1) is 0 Å². The van der Waals surface area contributed by atoms with Crippen molar-refractivity contribution < 1.29 is 9.90 Å². The summed E-state index contributed by atoms with van der Waals surface area (Å²) >= 11 is 0. The Bertz CT molecular complexity index is 645. The number of hydrogen-bond acceptors (Lipinski definition) is 3. The van der Waals surface area contributed by atoms with E-state index in [4.69, 9.17) is 0 Å². The lowest BCUT2D eigenvalue weighted by molar-refractivity contribution is -0.137. The fourth-order valence-electron chi connectivity index (χ4n) is 3.33. The molecule has 1 fully saturated rings. The van der Waals surface area contributed by atoms with Crippen molar-refractivity contribution in [3.8, 4) is 0 Å². The molecular formula is C19H22N2O2. The highest BCUT2D eigenvalue weighted by Crippen LogP contribution is 2.28. The number of para-hydroxylation sites is 2. The zero-order chi connectivity index (χ0) is 16.2. The molecule has 2 aromatic carbocycles. The smallest absolute Gasteiger partial charge is 0.305 e. The highest BCUT2D eigenvalue weighted by Gasteiger charge is 2.33. The number of nitrogens with zero attached hydrogens (tertiary/aromatic N) is 2. The summed E-state index contributed by atoms with van der Waals surface area (Å²) in [7, 11) is 0. The fraction of sp³-hybridized carbons (Fsp3) is 0.316. The molecule has 23 heavy (non-hydrogen) atoms. The maximum atomic E-state index is 11.3. The number of aliphatic carboxylic acids is 1. The summed E-state index contributed by atoms with van der Waals surface area (Å²) in [6.07, 6.45) is 0.144. The van der Waals surface area contributed by atoms with Gasteiger partial charge in [-0.3, -0.25) is 4.79 Å². The summed E-state index contributed by atoms with van der Waals surface area (Å²) in [5.41, 5.74) is 2.25. The van der Waals surface area contributed by atoms with Crippen LogP contribution in [0.5, 0.6) is 0 Å². The minimum Gasteiger partial charge on any atom is -0.481 e. The molecule has 2 aromatic rings. The summed E-state index contributed by atoms with van der Waals surface area (Å²) in [5, 5.41) is 9.31. The second-order valence-electron chi connectivity index (χ2n) is 6.08. The van der Waals surface area contributed by atoms with Gasteiger partial charge in [-0.25, -0.2) is 0 Å². The van der Waals surface area contributed by atoms with Crippen LogP contribution in [0.1, 0.15) is 13.3 Å². The van der Waals surface area contributed by atoms with E-state index in [2.05, 4.69) is 41.0 Å². The van der Waals surface area contributed by atoms with Crippen molar-refractivity contribution in [1.82, 2.24) is 0 Å². The lowest BCUT2D eigenvalue weighted by Crippen LogP contribution is -2.58. The van der Waals surface area contributed by atoms with Crippen LogP contribution in [-0.2, 0) is 4.79 Å². The minimum atomic E-state index is -0.751. The first-order valence-corrected chi connectivity index (χ1v) is 8.00. The van der Waals surface area contributed by atoms with Gasteiger partial charge in [-0.15, -0.1) is 0 Å². The van der Waals surface area contributed by atoms with Gasteiger partial charge in [-0.05, 0) is 31.2 Å². The highest BCUT2D eigenvalue weighted by molar-refractivity contribution is 5.69. The Kier molecular flexibility index (Phi) is 4.51. The van der Waals surface area contributed by atoms with E-state index >= 15 is 0 Å². The van der Waals surface area contributed by atoms with Crippen molar-refractivity contribution >= 4 is 17.3 Å². The van der Waals surface area contributed by atoms with Crippen LogP contribution in [0.4, 0.5) is 11.4 Å². The molecule has 1 aliphatic heterocycles. The van der Waals surface area contributed by atoms with E-state index in [1.165, 1.54) is 0 Å². The number of carboxylic acid groups (broad SMARTS) is 1. The quantitative estimate of drug-likeness (QED) is 0.941. The van der Waals surface area contributed by atoms with Crippen molar-refractivity contribution in [3.63, 3.8) is 0 Å². The van der Waals surface area contributed by atoms with Crippen molar-refractivity contribution in [2.45, 2.75) is 25.4 Å². The summed E-state index contributed by atoms with van der Waals surface area (Å²) in [6, 6.07) is 20.6. The van der Waals surface area contributed by atoms with Crippen molar-refractivity contribution in [1.29, 1.82) is 0 Å². The van der Waals surface area contributed by atoms with E-state index in [1.807, 2.05) is 36.4 Å². The Labute approximate surface area is 137 Å². The third-order valence-corrected chi connectivity index (χ3v) is 4.43.